The first-order valence-corrected chi connectivity index (χ1v) is 10.0. The molecule has 0 aliphatic carbocycles. The molecule has 0 saturated carbocycles. The quantitative estimate of drug-likeness (QED) is 0.744. The minimum atomic E-state index is -0.361. The predicted molar refractivity (Wildman–Crippen MR) is 112 cm³/mol. The Kier molecular flexibility index (Phi) is 5.13. The maximum absolute atomic E-state index is 13.1. The van der Waals surface area contributed by atoms with Gasteiger partial charge in [-0.3, -0.25) is 14.5 Å². The van der Waals surface area contributed by atoms with Gasteiger partial charge in [-0.1, -0.05) is 29.3 Å². The number of aryl methyl sites for hydroxylation is 2. The largest absolute Gasteiger partial charge is 0.369 e. The molecule has 4 rings (SSSR count). The Morgan fingerprint density at radius 2 is 1.61 bits per heavy atom. The molecule has 0 radical (unpaired) electrons. The molecule has 1 atom stereocenters. The second-order valence-electron chi connectivity index (χ2n) is 7.58. The molecule has 146 valence electrons. The zero-order valence-corrected chi connectivity index (χ0v) is 16.9. The fraction of sp³-hybridized carbons (Fsp3) is 0.364. The van der Waals surface area contributed by atoms with Crippen LogP contribution in [0.3, 0.4) is 0 Å². The molecule has 0 bridgehead atoms. The van der Waals surface area contributed by atoms with Crippen LogP contribution in [-0.2, 0) is 9.59 Å². The molecule has 2 aromatic rings. The van der Waals surface area contributed by atoms with E-state index in [2.05, 4.69) is 9.80 Å². The van der Waals surface area contributed by atoms with Gasteiger partial charge in [0, 0.05) is 36.9 Å². The van der Waals surface area contributed by atoms with Crippen LogP contribution in [0.2, 0.25) is 5.02 Å². The number of halogens is 1. The number of anilines is 2. The predicted octanol–water partition coefficient (Wildman–Crippen LogP) is 3.41. The van der Waals surface area contributed by atoms with Crippen LogP contribution >= 0.6 is 11.6 Å². The molecule has 6 heteroatoms. The van der Waals surface area contributed by atoms with Crippen molar-refractivity contribution < 1.29 is 9.59 Å². The molecule has 0 aromatic heterocycles. The summed E-state index contributed by atoms with van der Waals surface area (Å²) in [6, 6.07) is 13.3. The highest BCUT2D eigenvalue weighted by atomic mass is 35.5. The van der Waals surface area contributed by atoms with E-state index in [1.807, 2.05) is 56.3 Å². The van der Waals surface area contributed by atoms with Gasteiger partial charge in [0.1, 0.15) is 0 Å². The van der Waals surface area contributed by atoms with Crippen LogP contribution in [0.5, 0.6) is 0 Å². The number of hydrogen-bond acceptors (Lipinski definition) is 4. The van der Waals surface area contributed by atoms with E-state index in [4.69, 9.17) is 11.6 Å². The third kappa shape index (κ3) is 3.52. The summed E-state index contributed by atoms with van der Waals surface area (Å²) in [5, 5.41) is 0.726. The average Bonchev–Trinajstić information content (AvgIpc) is 2.97. The number of piperazine rings is 1. The van der Waals surface area contributed by atoms with Crippen molar-refractivity contribution in [3.8, 4) is 0 Å². The van der Waals surface area contributed by atoms with Gasteiger partial charge in [-0.15, -0.1) is 0 Å². The van der Waals surface area contributed by atoms with Gasteiger partial charge in [0.05, 0.1) is 18.2 Å². The molecular formula is C22H24ClN3O2. The van der Waals surface area contributed by atoms with E-state index >= 15 is 0 Å². The third-order valence-electron chi connectivity index (χ3n) is 5.66. The lowest BCUT2D eigenvalue weighted by Gasteiger charge is -2.38. The van der Waals surface area contributed by atoms with Crippen LogP contribution in [0.1, 0.15) is 17.5 Å². The van der Waals surface area contributed by atoms with Crippen molar-refractivity contribution in [2.45, 2.75) is 26.3 Å². The lowest BCUT2D eigenvalue weighted by Crippen LogP contribution is -2.52. The van der Waals surface area contributed by atoms with Crippen LogP contribution in [0.25, 0.3) is 0 Å². The maximum atomic E-state index is 13.1. The minimum absolute atomic E-state index is 0.100. The maximum Gasteiger partial charge on any atom is 0.251 e. The average molecular weight is 398 g/mol. The summed E-state index contributed by atoms with van der Waals surface area (Å²) < 4.78 is 0. The van der Waals surface area contributed by atoms with Crippen LogP contribution < -0.4 is 9.80 Å². The zero-order chi connectivity index (χ0) is 19.8. The van der Waals surface area contributed by atoms with Gasteiger partial charge in [-0.2, -0.15) is 0 Å². The SMILES string of the molecule is Cc1ccc(N2C(=O)CC(N3CCN(c4ccc(Cl)cc4)CC3)C2=O)c(C)c1. The summed E-state index contributed by atoms with van der Waals surface area (Å²) in [5.41, 5.74) is 3.92. The molecule has 1 unspecified atom stereocenters. The summed E-state index contributed by atoms with van der Waals surface area (Å²) in [5.74, 6) is -0.209. The Hall–Kier alpha value is -2.37. The second kappa shape index (κ2) is 7.57. The molecule has 2 saturated heterocycles. The summed E-state index contributed by atoms with van der Waals surface area (Å²) in [7, 11) is 0. The Bertz CT molecular complexity index is 904. The van der Waals surface area contributed by atoms with Crippen molar-refractivity contribution in [1.29, 1.82) is 0 Å². The number of carbonyl (C=O) groups is 2. The van der Waals surface area contributed by atoms with Crippen molar-refractivity contribution in [3.63, 3.8) is 0 Å². The van der Waals surface area contributed by atoms with Gasteiger partial charge in [0.25, 0.3) is 5.91 Å². The number of rotatable bonds is 3. The number of carbonyl (C=O) groups excluding carboxylic acids is 2. The first-order valence-electron chi connectivity index (χ1n) is 9.62. The van der Waals surface area contributed by atoms with E-state index in [0.29, 0.717) is 5.69 Å². The van der Waals surface area contributed by atoms with Gasteiger partial charge in [0.15, 0.2) is 0 Å². The summed E-state index contributed by atoms with van der Waals surface area (Å²) >= 11 is 5.97. The highest BCUT2D eigenvalue weighted by Crippen LogP contribution is 2.30. The van der Waals surface area contributed by atoms with Crippen LogP contribution in [0, 0.1) is 13.8 Å². The van der Waals surface area contributed by atoms with E-state index in [0.717, 1.165) is 48.0 Å². The van der Waals surface area contributed by atoms with E-state index in [1.165, 1.54) is 4.90 Å². The van der Waals surface area contributed by atoms with Gasteiger partial charge < -0.3 is 4.90 Å². The molecule has 2 aliphatic rings. The molecule has 0 N–H and O–H groups in total. The minimum Gasteiger partial charge on any atom is -0.369 e. The highest BCUT2D eigenvalue weighted by Gasteiger charge is 2.43. The van der Waals surface area contributed by atoms with Gasteiger partial charge >= 0.3 is 0 Å². The molecule has 2 aromatic carbocycles. The number of benzene rings is 2. The summed E-state index contributed by atoms with van der Waals surface area (Å²) in [6.07, 6.45) is 0.257. The number of nitrogens with zero attached hydrogens (tertiary/aromatic N) is 3. The topological polar surface area (TPSA) is 43.9 Å². The molecule has 28 heavy (non-hydrogen) atoms. The van der Waals surface area contributed by atoms with Crippen molar-refractivity contribution in [2.24, 2.45) is 0 Å². The molecule has 2 amide bonds. The normalized spacial score (nSPS) is 20.9. The first kappa shape index (κ1) is 19.0. The van der Waals surface area contributed by atoms with Crippen molar-refractivity contribution in [3.05, 3.63) is 58.6 Å². The zero-order valence-electron chi connectivity index (χ0n) is 16.2. The van der Waals surface area contributed by atoms with Crippen molar-refractivity contribution in [2.75, 3.05) is 36.0 Å². The van der Waals surface area contributed by atoms with Crippen molar-refractivity contribution in [1.82, 2.24) is 4.90 Å². The lowest BCUT2D eigenvalue weighted by molar-refractivity contribution is -0.123. The van der Waals surface area contributed by atoms with E-state index in [9.17, 15) is 9.59 Å². The summed E-state index contributed by atoms with van der Waals surface area (Å²) in [4.78, 5) is 31.5. The van der Waals surface area contributed by atoms with Crippen LogP contribution in [-0.4, -0.2) is 48.9 Å². The van der Waals surface area contributed by atoms with E-state index in [-0.39, 0.29) is 24.3 Å². The van der Waals surface area contributed by atoms with Gasteiger partial charge in [0.2, 0.25) is 5.91 Å². The van der Waals surface area contributed by atoms with Crippen LogP contribution in [0.4, 0.5) is 11.4 Å². The fourth-order valence-electron chi connectivity index (χ4n) is 4.15. The number of imide groups is 1. The Morgan fingerprint density at radius 1 is 0.929 bits per heavy atom. The molecular weight excluding hydrogens is 374 g/mol. The second-order valence-corrected chi connectivity index (χ2v) is 8.01. The Morgan fingerprint density at radius 3 is 2.25 bits per heavy atom. The molecule has 0 spiro atoms. The van der Waals surface area contributed by atoms with Gasteiger partial charge in [-0.05, 0) is 49.7 Å². The Balaban J connectivity index is 1.45. The number of hydrogen-bond donors (Lipinski definition) is 0. The van der Waals surface area contributed by atoms with Crippen molar-refractivity contribution >= 4 is 34.8 Å². The standard InChI is InChI=1S/C22H24ClN3O2/c1-15-3-8-19(16(2)13-15)26-21(27)14-20(22(26)28)25-11-9-24(10-12-25)18-6-4-17(23)5-7-18/h3-8,13,20H,9-12,14H2,1-2H3. The van der Waals surface area contributed by atoms with E-state index < -0.39 is 0 Å². The lowest BCUT2D eigenvalue weighted by atomic mass is 10.1. The van der Waals surface area contributed by atoms with E-state index in [1.54, 1.807) is 0 Å². The smallest absolute Gasteiger partial charge is 0.251 e. The molecule has 5 nitrogen and oxygen atoms in total. The van der Waals surface area contributed by atoms with Crippen LogP contribution in [0.15, 0.2) is 42.5 Å². The molecule has 2 fully saturated rings. The fourth-order valence-corrected chi connectivity index (χ4v) is 4.28. The Labute approximate surface area is 170 Å². The summed E-state index contributed by atoms with van der Waals surface area (Å²) in [6.45, 7) is 7.11. The molecule has 2 heterocycles. The monoisotopic (exact) mass is 397 g/mol. The highest BCUT2D eigenvalue weighted by molar-refractivity contribution is 6.30. The molecule has 2 aliphatic heterocycles. The first-order chi connectivity index (χ1) is 13.4. The third-order valence-corrected chi connectivity index (χ3v) is 5.91. The van der Waals surface area contributed by atoms with Gasteiger partial charge in [-0.25, -0.2) is 4.90 Å². The number of amides is 2.